The zero-order valence-electron chi connectivity index (χ0n) is 18.7. The summed E-state index contributed by atoms with van der Waals surface area (Å²) in [5.41, 5.74) is 4.95. The van der Waals surface area contributed by atoms with Crippen molar-refractivity contribution in [3.05, 3.63) is 100 Å². The second kappa shape index (κ2) is 10.6. The fourth-order valence-corrected chi connectivity index (χ4v) is 4.70. The minimum atomic E-state index is -0.290. The van der Waals surface area contributed by atoms with Crippen molar-refractivity contribution < 1.29 is 9.53 Å². The zero-order chi connectivity index (χ0) is 23.2. The van der Waals surface area contributed by atoms with Crippen LogP contribution in [0.2, 0.25) is 5.02 Å². The van der Waals surface area contributed by atoms with Gasteiger partial charge in [-0.25, -0.2) is 11.4 Å². The highest BCUT2D eigenvalue weighted by Crippen LogP contribution is 2.39. The number of carbonyl (C=O) groups is 1. The van der Waals surface area contributed by atoms with Gasteiger partial charge in [-0.15, -0.1) is 0 Å². The number of benzene rings is 3. The molecule has 0 spiro atoms. The van der Waals surface area contributed by atoms with Gasteiger partial charge in [-0.2, -0.15) is 0 Å². The van der Waals surface area contributed by atoms with Crippen LogP contribution in [-0.4, -0.2) is 25.7 Å². The highest BCUT2D eigenvalue weighted by molar-refractivity contribution is 6.30. The lowest BCUT2D eigenvalue weighted by Crippen LogP contribution is -2.35. The van der Waals surface area contributed by atoms with Gasteiger partial charge in [0.1, 0.15) is 0 Å². The standard InChI is InChI=1S/C28H27ClN2O2/c1-3-33-28(32)22-10-14-24(15-11-22)31-18-16-21(17-19-31)27(30-2)26-7-5-4-6-25(26)20-8-12-23(29)13-9-20/h4-15,21,27H,3,16-19H2,1H3/t27-/m0/s1. The van der Waals surface area contributed by atoms with Gasteiger partial charge < -0.3 is 14.5 Å². The number of carbonyl (C=O) groups excluding carboxylic acids is 1. The number of esters is 1. The highest BCUT2D eigenvalue weighted by Gasteiger charge is 2.33. The highest BCUT2D eigenvalue weighted by atomic mass is 35.5. The number of hydrogen-bond donors (Lipinski definition) is 0. The number of nitrogens with zero attached hydrogens (tertiary/aromatic N) is 2. The molecule has 1 fully saturated rings. The van der Waals surface area contributed by atoms with Gasteiger partial charge in [0.2, 0.25) is 0 Å². The van der Waals surface area contributed by atoms with Crippen LogP contribution in [0.25, 0.3) is 16.0 Å². The molecular weight excluding hydrogens is 432 g/mol. The van der Waals surface area contributed by atoms with E-state index in [9.17, 15) is 4.79 Å². The summed E-state index contributed by atoms with van der Waals surface area (Å²) < 4.78 is 5.07. The van der Waals surface area contributed by atoms with Crippen molar-refractivity contribution in [3.63, 3.8) is 0 Å². The van der Waals surface area contributed by atoms with Gasteiger partial charge in [-0.1, -0.05) is 48.0 Å². The maximum atomic E-state index is 11.9. The van der Waals surface area contributed by atoms with Crippen LogP contribution in [-0.2, 0) is 4.74 Å². The lowest BCUT2D eigenvalue weighted by molar-refractivity contribution is 0.0526. The van der Waals surface area contributed by atoms with E-state index < -0.39 is 0 Å². The number of ether oxygens (including phenoxy) is 1. The van der Waals surface area contributed by atoms with Crippen LogP contribution in [0.15, 0.2) is 72.8 Å². The van der Waals surface area contributed by atoms with Gasteiger partial charge in [-0.05, 0) is 67.3 Å². The minimum Gasteiger partial charge on any atom is -0.462 e. The molecule has 1 heterocycles. The predicted molar refractivity (Wildman–Crippen MR) is 134 cm³/mol. The Bertz CT molecular complexity index is 1130. The first kappa shape index (κ1) is 22.9. The van der Waals surface area contributed by atoms with E-state index >= 15 is 0 Å². The lowest BCUT2D eigenvalue weighted by atomic mass is 9.83. The smallest absolute Gasteiger partial charge is 0.338 e. The number of hydrogen-bond acceptors (Lipinski definition) is 3. The Morgan fingerprint density at radius 1 is 1.06 bits per heavy atom. The minimum absolute atomic E-state index is 0.176. The molecule has 0 aliphatic carbocycles. The molecule has 3 aromatic rings. The summed E-state index contributed by atoms with van der Waals surface area (Å²) in [4.78, 5) is 18.3. The maximum Gasteiger partial charge on any atom is 0.338 e. The molecular formula is C28H27ClN2O2. The molecule has 33 heavy (non-hydrogen) atoms. The van der Waals surface area contributed by atoms with Gasteiger partial charge in [0.25, 0.3) is 6.04 Å². The van der Waals surface area contributed by atoms with Crippen LogP contribution in [0.5, 0.6) is 0 Å². The first-order valence-corrected chi connectivity index (χ1v) is 11.7. The normalized spacial score (nSPS) is 15.0. The van der Waals surface area contributed by atoms with Crippen molar-refractivity contribution in [1.29, 1.82) is 0 Å². The van der Waals surface area contributed by atoms with E-state index in [1.807, 2.05) is 60.7 Å². The van der Waals surface area contributed by atoms with Gasteiger partial charge >= 0.3 is 5.97 Å². The molecule has 1 atom stereocenters. The van der Waals surface area contributed by atoms with E-state index in [0.717, 1.165) is 48.3 Å². The van der Waals surface area contributed by atoms with Crippen LogP contribution < -0.4 is 4.90 Å². The van der Waals surface area contributed by atoms with Crippen LogP contribution in [0, 0.1) is 12.5 Å². The largest absolute Gasteiger partial charge is 0.462 e. The summed E-state index contributed by atoms with van der Waals surface area (Å²) in [5, 5.41) is 0.709. The fraction of sp³-hybridized carbons (Fsp3) is 0.286. The average molecular weight is 459 g/mol. The zero-order valence-corrected chi connectivity index (χ0v) is 19.5. The van der Waals surface area contributed by atoms with E-state index in [1.165, 1.54) is 0 Å². The first-order chi connectivity index (χ1) is 16.1. The topological polar surface area (TPSA) is 33.9 Å². The number of halogens is 1. The van der Waals surface area contributed by atoms with Crippen molar-refractivity contribution in [2.24, 2.45) is 5.92 Å². The molecule has 0 bridgehead atoms. The summed E-state index contributed by atoms with van der Waals surface area (Å²) in [6.45, 7) is 11.9. The van der Waals surface area contributed by atoms with Crippen molar-refractivity contribution in [1.82, 2.24) is 0 Å². The Balaban J connectivity index is 1.47. The molecule has 4 nitrogen and oxygen atoms in total. The number of piperidine rings is 1. The Hall–Kier alpha value is -3.29. The Labute approximate surface area is 200 Å². The Kier molecular flexibility index (Phi) is 7.32. The van der Waals surface area contributed by atoms with Gasteiger partial charge in [0.15, 0.2) is 0 Å². The summed E-state index contributed by atoms with van der Waals surface area (Å²) in [5.74, 6) is 0.00742. The van der Waals surface area contributed by atoms with E-state index in [0.29, 0.717) is 23.1 Å². The Morgan fingerprint density at radius 3 is 2.36 bits per heavy atom. The molecule has 0 unspecified atom stereocenters. The van der Waals surface area contributed by atoms with Crippen LogP contribution in [0.3, 0.4) is 0 Å². The third-order valence-electron chi connectivity index (χ3n) is 6.30. The molecule has 1 aliphatic rings. The number of anilines is 1. The molecule has 4 rings (SSSR count). The Morgan fingerprint density at radius 2 is 1.73 bits per heavy atom. The van der Waals surface area contributed by atoms with Gasteiger partial charge in [-0.3, -0.25) is 0 Å². The lowest BCUT2D eigenvalue weighted by Gasteiger charge is -2.34. The molecule has 5 heteroatoms. The fourth-order valence-electron chi connectivity index (χ4n) is 4.57. The van der Waals surface area contributed by atoms with E-state index in [2.05, 4.69) is 21.9 Å². The van der Waals surface area contributed by atoms with E-state index in [1.54, 1.807) is 6.92 Å². The van der Waals surface area contributed by atoms with Crippen molar-refractivity contribution in [2.45, 2.75) is 25.8 Å². The van der Waals surface area contributed by atoms with Crippen LogP contribution >= 0.6 is 11.6 Å². The van der Waals surface area contributed by atoms with E-state index in [-0.39, 0.29) is 12.0 Å². The molecule has 0 radical (unpaired) electrons. The molecule has 0 N–H and O–H groups in total. The summed E-state index contributed by atoms with van der Waals surface area (Å²) in [7, 11) is 0. The SMILES string of the molecule is [C-]#[N+][C@H](c1ccccc1-c1ccc(Cl)cc1)C1CCN(c2ccc(C(=O)OCC)cc2)CC1. The van der Waals surface area contributed by atoms with Crippen LogP contribution in [0.1, 0.15) is 41.7 Å². The summed E-state index contributed by atoms with van der Waals surface area (Å²) >= 11 is 6.08. The maximum absolute atomic E-state index is 11.9. The predicted octanol–water partition coefficient (Wildman–Crippen LogP) is 7.06. The van der Waals surface area contributed by atoms with Crippen molar-refractivity contribution >= 4 is 23.3 Å². The molecule has 1 aliphatic heterocycles. The summed E-state index contributed by atoms with van der Waals surface area (Å²) in [6.07, 6.45) is 1.89. The van der Waals surface area contributed by atoms with Crippen LogP contribution in [0.4, 0.5) is 5.69 Å². The number of rotatable bonds is 6. The second-order valence-electron chi connectivity index (χ2n) is 8.26. The summed E-state index contributed by atoms with van der Waals surface area (Å²) in [6, 6.07) is 23.5. The molecule has 3 aromatic carbocycles. The molecule has 168 valence electrons. The van der Waals surface area contributed by atoms with Crippen molar-refractivity contribution in [2.75, 3.05) is 24.6 Å². The van der Waals surface area contributed by atoms with Crippen molar-refractivity contribution in [3.8, 4) is 11.1 Å². The molecule has 1 saturated heterocycles. The quantitative estimate of drug-likeness (QED) is 0.293. The monoisotopic (exact) mass is 458 g/mol. The average Bonchev–Trinajstić information content (AvgIpc) is 2.86. The first-order valence-electron chi connectivity index (χ1n) is 11.3. The third-order valence-corrected chi connectivity index (χ3v) is 6.56. The van der Waals surface area contributed by atoms with Gasteiger partial charge in [0, 0.05) is 35.3 Å². The second-order valence-corrected chi connectivity index (χ2v) is 8.70. The van der Waals surface area contributed by atoms with E-state index in [4.69, 9.17) is 22.9 Å². The molecule has 0 aromatic heterocycles. The van der Waals surface area contributed by atoms with Gasteiger partial charge in [0.05, 0.1) is 12.2 Å². The third kappa shape index (κ3) is 5.21. The molecule has 0 amide bonds. The molecule has 0 saturated carbocycles.